The minimum atomic E-state index is 0.595. The van der Waals surface area contributed by atoms with E-state index in [0.717, 1.165) is 5.56 Å². The first-order chi connectivity index (χ1) is 6.63. The maximum Gasteiger partial charge on any atom is 0.101 e. The summed E-state index contributed by atoms with van der Waals surface area (Å²) in [5, 5.41) is 12.8. The third-order valence-electron chi connectivity index (χ3n) is 1.76. The molecule has 0 amide bonds. The lowest BCUT2D eigenvalue weighted by Crippen LogP contribution is -2.22. The lowest BCUT2D eigenvalue weighted by Gasteiger charge is -2.10. The van der Waals surface area contributed by atoms with Gasteiger partial charge in [-0.05, 0) is 26.2 Å². The summed E-state index contributed by atoms with van der Waals surface area (Å²) in [6.07, 6.45) is 0. The molecule has 1 rings (SSSR count). The lowest BCUT2D eigenvalue weighted by molar-refractivity contribution is 0.315. The van der Waals surface area contributed by atoms with Gasteiger partial charge >= 0.3 is 0 Å². The zero-order valence-corrected chi connectivity index (χ0v) is 8.99. The first-order valence-corrected chi connectivity index (χ1v) is 4.63. The van der Waals surface area contributed by atoms with Crippen molar-refractivity contribution in [3.63, 3.8) is 0 Å². The van der Waals surface area contributed by atoms with Crippen molar-refractivity contribution in [3.8, 4) is 0 Å². The number of oxime groups is 1. The monoisotopic (exact) mass is 212 g/mol. The number of nitrogens with zero attached hydrogens (tertiary/aromatic N) is 2. The Balaban J connectivity index is 2.85. The van der Waals surface area contributed by atoms with Crippen molar-refractivity contribution in [2.45, 2.75) is 0 Å². The van der Waals surface area contributed by atoms with Gasteiger partial charge in [0.05, 0.1) is 0 Å². The van der Waals surface area contributed by atoms with Gasteiger partial charge in [0.25, 0.3) is 0 Å². The molecule has 0 aliphatic heterocycles. The molecule has 0 saturated heterocycles. The number of likely N-dealkylation sites (N-methyl/N-ethyl adjacent to an activating group) is 1. The van der Waals surface area contributed by atoms with E-state index in [1.165, 1.54) is 0 Å². The van der Waals surface area contributed by atoms with Gasteiger partial charge in [-0.25, -0.2) is 0 Å². The number of hydrogen-bond acceptors (Lipinski definition) is 3. The van der Waals surface area contributed by atoms with Gasteiger partial charge in [-0.1, -0.05) is 28.9 Å². The van der Waals surface area contributed by atoms with Crippen LogP contribution in [-0.2, 0) is 0 Å². The van der Waals surface area contributed by atoms with E-state index in [0.29, 0.717) is 17.3 Å². The number of rotatable bonds is 3. The summed E-state index contributed by atoms with van der Waals surface area (Å²) < 4.78 is 0. The Labute approximate surface area is 88.6 Å². The van der Waals surface area contributed by atoms with Crippen LogP contribution in [0.15, 0.2) is 29.4 Å². The Hall–Kier alpha value is -1.06. The standard InChI is InChI=1S/C10H13ClN2O/c1-13(2)7-10(12-14)8-3-5-9(11)6-4-8/h3-6,14H,7H2,1-2H3. The molecule has 0 aliphatic rings. The van der Waals surface area contributed by atoms with Crippen LogP contribution < -0.4 is 0 Å². The molecule has 0 saturated carbocycles. The van der Waals surface area contributed by atoms with E-state index in [-0.39, 0.29) is 0 Å². The van der Waals surface area contributed by atoms with Crippen molar-refractivity contribution in [2.75, 3.05) is 20.6 Å². The predicted octanol–water partition coefficient (Wildman–Crippen LogP) is 2.08. The summed E-state index contributed by atoms with van der Waals surface area (Å²) in [6, 6.07) is 7.22. The topological polar surface area (TPSA) is 35.8 Å². The summed E-state index contributed by atoms with van der Waals surface area (Å²) in [5.41, 5.74) is 1.51. The number of benzene rings is 1. The molecule has 0 fully saturated rings. The summed E-state index contributed by atoms with van der Waals surface area (Å²) >= 11 is 5.75. The van der Waals surface area contributed by atoms with Gasteiger partial charge in [0, 0.05) is 17.1 Å². The number of halogens is 1. The minimum Gasteiger partial charge on any atom is -0.411 e. The molecular weight excluding hydrogens is 200 g/mol. The SMILES string of the molecule is CN(C)CC(=NO)c1ccc(Cl)cc1. The minimum absolute atomic E-state index is 0.595. The second kappa shape index (κ2) is 4.98. The van der Waals surface area contributed by atoms with E-state index >= 15 is 0 Å². The Morgan fingerprint density at radius 2 is 1.93 bits per heavy atom. The molecule has 14 heavy (non-hydrogen) atoms. The average Bonchev–Trinajstić information content (AvgIpc) is 2.15. The molecule has 76 valence electrons. The van der Waals surface area contributed by atoms with Crippen molar-refractivity contribution < 1.29 is 5.21 Å². The second-order valence-corrected chi connectivity index (χ2v) is 3.73. The third-order valence-corrected chi connectivity index (χ3v) is 2.02. The van der Waals surface area contributed by atoms with Crippen molar-refractivity contribution in [1.29, 1.82) is 0 Å². The highest BCUT2D eigenvalue weighted by molar-refractivity contribution is 6.30. The van der Waals surface area contributed by atoms with E-state index in [4.69, 9.17) is 16.8 Å². The van der Waals surface area contributed by atoms with Crippen LogP contribution in [0.5, 0.6) is 0 Å². The summed E-state index contributed by atoms with van der Waals surface area (Å²) in [7, 11) is 3.84. The van der Waals surface area contributed by atoms with Gasteiger partial charge in [0.2, 0.25) is 0 Å². The van der Waals surface area contributed by atoms with Crippen LogP contribution in [0.3, 0.4) is 0 Å². The van der Waals surface area contributed by atoms with Crippen molar-refractivity contribution >= 4 is 17.3 Å². The highest BCUT2D eigenvalue weighted by Crippen LogP contribution is 2.10. The largest absolute Gasteiger partial charge is 0.411 e. The van der Waals surface area contributed by atoms with Gasteiger partial charge in [-0.2, -0.15) is 0 Å². The maximum atomic E-state index is 8.83. The van der Waals surface area contributed by atoms with Crippen LogP contribution in [0.2, 0.25) is 5.02 Å². The Bertz CT molecular complexity index is 319. The maximum absolute atomic E-state index is 8.83. The molecule has 4 heteroatoms. The van der Waals surface area contributed by atoms with Crippen LogP contribution in [0.1, 0.15) is 5.56 Å². The Morgan fingerprint density at radius 1 is 1.36 bits per heavy atom. The van der Waals surface area contributed by atoms with Crippen LogP contribution in [-0.4, -0.2) is 36.5 Å². The van der Waals surface area contributed by atoms with Crippen LogP contribution in [0.25, 0.3) is 0 Å². The lowest BCUT2D eigenvalue weighted by atomic mass is 10.1. The third kappa shape index (κ3) is 3.01. The van der Waals surface area contributed by atoms with E-state index in [1.54, 1.807) is 12.1 Å². The normalized spacial score (nSPS) is 12.1. The van der Waals surface area contributed by atoms with Crippen LogP contribution in [0.4, 0.5) is 0 Å². The molecule has 1 N–H and O–H groups in total. The van der Waals surface area contributed by atoms with Gasteiger partial charge < -0.3 is 10.1 Å². The van der Waals surface area contributed by atoms with Crippen molar-refractivity contribution in [3.05, 3.63) is 34.9 Å². The number of hydrogen-bond donors (Lipinski definition) is 1. The molecule has 0 atom stereocenters. The summed E-state index contributed by atoms with van der Waals surface area (Å²) in [5.74, 6) is 0. The van der Waals surface area contributed by atoms with Gasteiger partial charge in [0.1, 0.15) is 5.71 Å². The van der Waals surface area contributed by atoms with E-state index in [2.05, 4.69) is 5.16 Å². The van der Waals surface area contributed by atoms with Gasteiger partial charge in [0.15, 0.2) is 0 Å². The van der Waals surface area contributed by atoms with E-state index in [9.17, 15) is 0 Å². The first kappa shape index (κ1) is 11.0. The van der Waals surface area contributed by atoms with Crippen LogP contribution >= 0.6 is 11.6 Å². The Morgan fingerprint density at radius 3 is 2.36 bits per heavy atom. The van der Waals surface area contributed by atoms with Gasteiger partial charge in [-0.3, -0.25) is 0 Å². The molecule has 1 aromatic rings. The van der Waals surface area contributed by atoms with Crippen molar-refractivity contribution in [1.82, 2.24) is 4.90 Å². The first-order valence-electron chi connectivity index (χ1n) is 4.25. The smallest absolute Gasteiger partial charge is 0.101 e. The molecular formula is C10H13ClN2O. The summed E-state index contributed by atoms with van der Waals surface area (Å²) in [6.45, 7) is 0.595. The average molecular weight is 213 g/mol. The molecule has 1 aromatic carbocycles. The van der Waals surface area contributed by atoms with Crippen LogP contribution in [0, 0.1) is 0 Å². The molecule has 0 radical (unpaired) electrons. The molecule has 0 bridgehead atoms. The zero-order chi connectivity index (χ0) is 10.6. The predicted molar refractivity (Wildman–Crippen MR) is 58.3 cm³/mol. The highest BCUT2D eigenvalue weighted by atomic mass is 35.5. The molecule has 0 heterocycles. The summed E-state index contributed by atoms with van der Waals surface area (Å²) in [4.78, 5) is 1.93. The van der Waals surface area contributed by atoms with Crippen molar-refractivity contribution in [2.24, 2.45) is 5.16 Å². The molecule has 0 aliphatic carbocycles. The quantitative estimate of drug-likeness (QED) is 0.473. The van der Waals surface area contributed by atoms with E-state index < -0.39 is 0 Å². The zero-order valence-electron chi connectivity index (χ0n) is 8.24. The van der Waals surface area contributed by atoms with Gasteiger partial charge in [-0.15, -0.1) is 0 Å². The fourth-order valence-electron chi connectivity index (χ4n) is 1.12. The molecule has 0 aromatic heterocycles. The second-order valence-electron chi connectivity index (χ2n) is 3.29. The highest BCUT2D eigenvalue weighted by Gasteiger charge is 2.05. The molecule has 0 spiro atoms. The molecule has 0 unspecified atom stereocenters. The fourth-order valence-corrected chi connectivity index (χ4v) is 1.25. The van der Waals surface area contributed by atoms with E-state index in [1.807, 2.05) is 31.1 Å². The Kier molecular flexibility index (Phi) is 3.92. The molecule has 3 nitrogen and oxygen atoms in total. The fraction of sp³-hybridized carbons (Fsp3) is 0.300.